The predicted molar refractivity (Wildman–Crippen MR) is 135 cm³/mol. The van der Waals surface area contributed by atoms with E-state index in [-0.39, 0.29) is 11.1 Å². The molecule has 4 nitrogen and oxygen atoms in total. The van der Waals surface area contributed by atoms with Crippen LogP contribution in [0.15, 0.2) is 84.9 Å². The minimum atomic E-state index is -1.02. The number of benzene rings is 4. The second kappa shape index (κ2) is 9.75. The maximum Gasteiger partial charge on any atom is 0.336 e. The van der Waals surface area contributed by atoms with E-state index in [1.807, 2.05) is 55.5 Å². The molecular formula is C30H26O4. The van der Waals surface area contributed by atoms with E-state index in [1.54, 1.807) is 30.3 Å². The van der Waals surface area contributed by atoms with Gasteiger partial charge in [0.1, 0.15) is 0 Å². The largest absolute Gasteiger partial charge is 0.478 e. The Hall–Kier alpha value is -4.18. The SMILES string of the molecule is CCCc1c(-c2ccccc2)cc(C)c(-c2ccccc2C(=O)O)c1-c1ccccc1C(=O)O. The van der Waals surface area contributed by atoms with Crippen LogP contribution in [-0.4, -0.2) is 22.2 Å². The molecule has 170 valence electrons. The molecule has 0 aliphatic heterocycles. The van der Waals surface area contributed by atoms with Crippen molar-refractivity contribution in [3.05, 3.63) is 107 Å². The van der Waals surface area contributed by atoms with E-state index in [9.17, 15) is 19.8 Å². The molecule has 0 saturated carbocycles. The third-order valence-electron chi connectivity index (χ3n) is 6.07. The maximum atomic E-state index is 12.2. The van der Waals surface area contributed by atoms with Crippen molar-refractivity contribution in [2.75, 3.05) is 0 Å². The molecular weight excluding hydrogens is 424 g/mol. The maximum absolute atomic E-state index is 12.2. The van der Waals surface area contributed by atoms with Crippen molar-refractivity contribution in [3.63, 3.8) is 0 Å². The van der Waals surface area contributed by atoms with Crippen molar-refractivity contribution >= 4 is 11.9 Å². The molecule has 0 atom stereocenters. The summed E-state index contributed by atoms with van der Waals surface area (Å²) in [5, 5.41) is 19.9. The van der Waals surface area contributed by atoms with Crippen LogP contribution in [0, 0.1) is 6.92 Å². The molecule has 0 amide bonds. The molecule has 0 radical (unpaired) electrons. The van der Waals surface area contributed by atoms with E-state index >= 15 is 0 Å². The highest BCUT2D eigenvalue weighted by atomic mass is 16.4. The zero-order valence-corrected chi connectivity index (χ0v) is 19.2. The number of carboxylic acid groups (broad SMARTS) is 2. The Morgan fingerprint density at radius 2 is 1.18 bits per heavy atom. The first kappa shape index (κ1) is 23.0. The third-order valence-corrected chi connectivity index (χ3v) is 6.07. The molecule has 4 aromatic rings. The van der Waals surface area contributed by atoms with E-state index in [0.717, 1.165) is 46.2 Å². The Bertz CT molecular complexity index is 1370. The molecule has 0 aromatic heterocycles. The molecule has 2 N–H and O–H groups in total. The summed E-state index contributed by atoms with van der Waals surface area (Å²) in [6.45, 7) is 4.05. The number of rotatable bonds is 7. The monoisotopic (exact) mass is 450 g/mol. The highest BCUT2D eigenvalue weighted by molar-refractivity contribution is 6.05. The fraction of sp³-hybridized carbons (Fsp3) is 0.133. The van der Waals surface area contributed by atoms with Crippen LogP contribution in [0.4, 0.5) is 0 Å². The van der Waals surface area contributed by atoms with Crippen LogP contribution in [-0.2, 0) is 6.42 Å². The van der Waals surface area contributed by atoms with Gasteiger partial charge in [0.25, 0.3) is 0 Å². The van der Waals surface area contributed by atoms with E-state index in [0.29, 0.717) is 11.1 Å². The van der Waals surface area contributed by atoms with Crippen molar-refractivity contribution in [1.29, 1.82) is 0 Å². The molecule has 0 heterocycles. The highest BCUT2D eigenvalue weighted by Gasteiger charge is 2.25. The van der Waals surface area contributed by atoms with Crippen LogP contribution >= 0.6 is 0 Å². The van der Waals surface area contributed by atoms with Gasteiger partial charge in [-0.1, -0.05) is 86.1 Å². The summed E-state index contributed by atoms with van der Waals surface area (Å²) in [6, 6.07) is 26.0. The topological polar surface area (TPSA) is 74.6 Å². The van der Waals surface area contributed by atoms with Gasteiger partial charge in [0.05, 0.1) is 11.1 Å². The van der Waals surface area contributed by atoms with Gasteiger partial charge in [-0.2, -0.15) is 0 Å². The normalized spacial score (nSPS) is 10.8. The number of aromatic carboxylic acids is 2. The number of hydrogen-bond acceptors (Lipinski definition) is 2. The summed E-state index contributed by atoms with van der Waals surface area (Å²) < 4.78 is 0. The minimum absolute atomic E-state index is 0.189. The fourth-order valence-corrected chi connectivity index (χ4v) is 4.66. The van der Waals surface area contributed by atoms with Crippen molar-refractivity contribution in [2.45, 2.75) is 26.7 Å². The average Bonchev–Trinajstić information content (AvgIpc) is 2.85. The lowest BCUT2D eigenvalue weighted by Gasteiger charge is -2.24. The Kier molecular flexibility index (Phi) is 6.60. The minimum Gasteiger partial charge on any atom is -0.478 e. The van der Waals surface area contributed by atoms with Gasteiger partial charge in [0.2, 0.25) is 0 Å². The zero-order valence-electron chi connectivity index (χ0n) is 19.2. The summed E-state index contributed by atoms with van der Waals surface area (Å²) >= 11 is 0. The Balaban J connectivity index is 2.21. The van der Waals surface area contributed by atoms with Gasteiger partial charge in [-0.05, 0) is 70.0 Å². The van der Waals surface area contributed by atoms with Gasteiger partial charge in [-0.3, -0.25) is 0 Å². The first-order valence-electron chi connectivity index (χ1n) is 11.3. The molecule has 0 bridgehead atoms. The van der Waals surface area contributed by atoms with Crippen LogP contribution in [0.3, 0.4) is 0 Å². The van der Waals surface area contributed by atoms with Gasteiger partial charge in [0, 0.05) is 0 Å². The Morgan fingerprint density at radius 3 is 1.71 bits per heavy atom. The first-order chi connectivity index (χ1) is 16.4. The lowest BCUT2D eigenvalue weighted by molar-refractivity contribution is 0.0686. The van der Waals surface area contributed by atoms with Crippen molar-refractivity contribution < 1.29 is 19.8 Å². The average molecular weight is 451 g/mol. The molecule has 0 aliphatic carbocycles. The van der Waals surface area contributed by atoms with Crippen molar-refractivity contribution in [3.8, 4) is 33.4 Å². The van der Waals surface area contributed by atoms with Crippen LogP contribution in [0.25, 0.3) is 33.4 Å². The third kappa shape index (κ3) is 4.23. The molecule has 4 aromatic carbocycles. The fourth-order valence-electron chi connectivity index (χ4n) is 4.66. The Labute approximate surface area is 199 Å². The number of aryl methyl sites for hydroxylation is 1. The predicted octanol–water partition coefficient (Wildman–Crippen LogP) is 7.34. The summed E-state index contributed by atoms with van der Waals surface area (Å²) in [7, 11) is 0. The molecule has 34 heavy (non-hydrogen) atoms. The zero-order chi connectivity index (χ0) is 24.2. The summed E-state index contributed by atoms with van der Waals surface area (Å²) in [5.41, 5.74) is 7.09. The van der Waals surface area contributed by atoms with Crippen LogP contribution < -0.4 is 0 Å². The highest BCUT2D eigenvalue weighted by Crippen LogP contribution is 2.45. The molecule has 4 rings (SSSR count). The lowest BCUT2D eigenvalue weighted by Crippen LogP contribution is -2.07. The van der Waals surface area contributed by atoms with Crippen LogP contribution in [0.2, 0.25) is 0 Å². The van der Waals surface area contributed by atoms with Gasteiger partial charge in [-0.15, -0.1) is 0 Å². The first-order valence-corrected chi connectivity index (χ1v) is 11.3. The van der Waals surface area contributed by atoms with E-state index < -0.39 is 11.9 Å². The van der Waals surface area contributed by atoms with Crippen LogP contribution in [0.5, 0.6) is 0 Å². The summed E-state index contributed by atoms with van der Waals surface area (Å²) in [4.78, 5) is 24.4. The van der Waals surface area contributed by atoms with Crippen molar-refractivity contribution in [2.24, 2.45) is 0 Å². The smallest absolute Gasteiger partial charge is 0.336 e. The number of hydrogen-bond donors (Lipinski definition) is 2. The lowest BCUT2D eigenvalue weighted by atomic mass is 9.79. The van der Waals surface area contributed by atoms with Crippen LogP contribution in [0.1, 0.15) is 45.2 Å². The molecule has 0 spiro atoms. The number of carbonyl (C=O) groups is 2. The number of carboxylic acids is 2. The summed E-state index contributed by atoms with van der Waals surface area (Å²) in [6.07, 6.45) is 1.57. The Morgan fingerprint density at radius 1 is 0.676 bits per heavy atom. The molecule has 0 fully saturated rings. The van der Waals surface area contributed by atoms with Gasteiger partial charge < -0.3 is 10.2 Å². The second-order valence-electron chi connectivity index (χ2n) is 8.29. The molecule has 0 aliphatic rings. The molecule has 0 saturated heterocycles. The van der Waals surface area contributed by atoms with Gasteiger partial charge in [0.15, 0.2) is 0 Å². The molecule has 4 heteroatoms. The van der Waals surface area contributed by atoms with Crippen molar-refractivity contribution in [1.82, 2.24) is 0 Å². The van der Waals surface area contributed by atoms with E-state index in [2.05, 4.69) is 13.0 Å². The molecule has 0 unspecified atom stereocenters. The summed E-state index contributed by atoms with van der Waals surface area (Å²) in [5.74, 6) is -2.03. The quantitative estimate of drug-likeness (QED) is 0.309. The van der Waals surface area contributed by atoms with Gasteiger partial charge >= 0.3 is 11.9 Å². The van der Waals surface area contributed by atoms with Gasteiger partial charge in [-0.25, -0.2) is 9.59 Å². The van der Waals surface area contributed by atoms with E-state index in [1.165, 1.54) is 0 Å². The van der Waals surface area contributed by atoms with E-state index in [4.69, 9.17) is 0 Å². The second-order valence-corrected chi connectivity index (χ2v) is 8.29. The standard InChI is InChI=1S/C30H26O4/c1-3-11-21-26(20-12-5-4-6-13-20)18-19(2)27(22-14-7-9-16-24(22)29(31)32)28(21)23-15-8-10-17-25(23)30(33)34/h4-10,12-18H,3,11H2,1-2H3,(H,31,32)(H,33,34).